The van der Waals surface area contributed by atoms with Gasteiger partial charge in [0.1, 0.15) is 22.6 Å². The lowest BCUT2D eigenvalue weighted by molar-refractivity contribution is 0.566. The second-order valence-corrected chi connectivity index (χ2v) is 5.65. The average Bonchev–Trinajstić information content (AvgIpc) is 2.70. The Kier molecular flexibility index (Phi) is 4.95. The molecule has 0 radical (unpaired) electrons. The Bertz CT molecular complexity index is 664. The first kappa shape index (κ1) is 15.5. The van der Waals surface area contributed by atoms with Gasteiger partial charge in [-0.3, -0.25) is 0 Å². The lowest BCUT2D eigenvalue weighted by atomic mass is 10.0. The SMILES string of the molecule is CCc1c(C#N)c(N2CCNC(C)CC2)[nH]c(=S)c1C#N. The Morgan fingerprint density at radius 3 is 2.62 bits per heavy atom. The Morgan fingerprint density at radius 1 is 1.29 bits per heavy atom. The number of hydrogen-bond donors (Lipinski definition) is 2. The summed E-state index contributed by atoms with van der Waals surface area (Å²) in [7, 11) is 0. The van der Waals surface area contributed by atoms with Crippen LogP contribution in [0.1, 0.15) is 37.0 Å². The Hall–Kier alpha value is -1.89. The molecule has 0 aliphatic carbocycles. The molecule has 2 rings (SSSR count). The maximum absolute atomic E-state index is 9.54. The van der Waals surface area contributed by atoms with Gasteiger partial charge >= 0.3 is 0 Å². The summed E-state index contributed by atoms with van der Waals surface area (Å²) in [4.78, 5) is 5.26. The number of aromatic nitrogens is 1. The molecule has 0 bridgehead atoms. The number of hydrogen-bond acceptors (Lipinski definition) is 5. The molecule has 0 spiro atoms. The van der Waals surface area contributed by atoms with E-state index in [2.05, 4.69) is 34.3 Å². The highest BCUT2D eigenvalue weighted by Crippen LogP contribution is 2.25. The van der Waals surface area contributed by atoms with E-state index in [9.17, 15) is 10.5 Å². The number of nitrogens with zero attached hydrogens (tertiary/aromatic N) is 3. The molecule has 1 aliphatic rings. The predicted molar refractivity (Wildman–Crippen MR) is 84.7 cm³/mol. The number of rotatable bonds is 2. The molecule has 1 unspecified atom stereocenters. The van der Waals surface area contributed by atoms with Gasteiger partial charge in [-0.05, 0) is 25.3 Å². The number of pyridine rings is 1. The van der Waals surface area contributed by atoms with E-state index in [-0.39, 0.29) is 0 Å². The van der Waals surface area contributed by atoms with Crippen LogP contribution >= 0.6 is 12.2 Å². The number of nitrogens with one attached hydrogen (secondary N) is 2. The van der Waals surface area contributed by atoms with Crippen molar-refractivity contribution in [3.05, 3.63) is 21.3 Å². The van der Waals surface area contributed by atoms with E-state index in [0.29, 0.717) is 28.2 Å². The molecule has 0 amide bonds. The minimum absolute atomic E-state index is 0.425. The van der Waals surface area contributed by atoms with E-state index in [4.69, 9.17) is 12.2 Å². The van der Waals surface area contributed by atoms with Gasteiger partial charge < -0.3 is 15.2 Å². The van der Waals surface area contributed by atoms with Crippen molar-refractivity contribution in [1.82, 2.24) is 10.3 Å². The quantitative estimate of drug-likeness (QED) is 0.819. The molecule has 2 heterocycles. The van der Waals surface area contributed by atoms with E-state index in [1.165, 1.54) is 0 Å². The fourth-order valence-corrected chi connectivity index (χ4v) is 2.97. The molecule has 21 heavy (non-hydrogen) atoms. The molecule has 1 saturated heterocycles. The van der Waals surface area contributed by atoms with Crippen LogP contribution in [0.4, 0.5) is 5.82 Å². The van der Waals surface area contributed by atoms with E-state index < -0.39 is 0 Å². The summed E-state index contributed by atoms with van der Waals surface area (Å²) in [5.41, 5.74) is 1.73. The summed E-state index contributed by atoms with van der Waals surface area (Å²) in [6, 6.07) is 4.84. The maximum Gasteiger partial charge on any atom is 0.125 e. The molecule has 5 nitrogen and oxygen atoms in total. The lowest BCUT2D eigenvalue weighted by Crippen LogP contribution is -2.30. The van der Waals surface area contributed by atoms with Gasteiger partial charge in [0.15, 0.2) is 0 Å². The van der Waals surface area contributed by atoms with Crippen LogP contribution in [0.25, 0.3) is 0 Å². The Labute approximate surface area is 130 Å². The fraction of sp³-hybridized carbons (Fsp3) is 0.533. The molecule has 2 N–H and O–H groups in total. The molecule has 1 aromatic heterocycles. The molecular weight excluding hydrogens is 282 g/mol. The molecule has 1 aliphatic heterocycles. The van der Waals surface area contributed by atoms with Crippen LogP contribution in [0.3, 0.4) is 0 Å². The van der Waals surface area contributed by atoms with Crippen LogP contribution in [0, 0.1) is 27.3 Å². The average molecular weight is 301 g/mol. The number of H-pyrrole nitrogens is 1. The molecular formula is C15H19N5S. The number of aromatic amines is 1. The molecule has 6 heteroatoms. The number of anilines is 1. The van der Waals surface area contributed by atoms with Crippen molar-refractivity contribution in [2.24, 2.45) is 0 Å². The minimum atomic E-state index is 0.425. The first-order valence-electron chi connectivity index (χ1n) is 7.20. The fourth-order valence-electron chi connectivity index (χ4n) is 2.70. The van der Waals surface area contributed by atoms with Gasteiger partial charge in [0.25, 0.3) is 0 Å². The summed E-state index contributed by atoms with van der Waals surface area (Å²) in [5, 5.41) is 22.2. The zero-order chi connectivity index (χ0) is 15.4. The summed E-state index contributed by atoms with van der Waals surface area (Å²) < 4.78 is 0.425. The van der Waals surface area contributed by atoms with Crippen molar-refractivity contribution in [3.63, 3.8) is 0 Å². The topological polar surface area (TPSA) is 78.6 Å². The van der Waals surface area contributed by atoms with E-state index in [0.717, 1.165) is 37.4 Å². The zero-order valence-electron chi connectivity index (χ0n) is 12.4. The Balaban J connectivity index is 2.54. The highest BCUT2D eigenvalue weighted by Gasteiger charge is 2.21. The van der Waals surface area contributed by atoms with Crippen molar-refractivity contribution in [2.75, 3.05) is 24.5 Å². The molecule has 1 atom stereocenters. The summed E-state index contributed by atoms with van der Waals surface area (Å²) in [5.74, 6) is 0.759. The van der Waals surface area contributed by atoms with Crippen molar-refractivity contribution < 1.29 is 0 Å². The highest BCUT2D eigenvalue weighted by molar-refractivity contribution is 7.71. The second kappa shape index (κ2) is 6.71. The first-order chi connectivity index (χ1) is 10.1. The van der Waals surface area contributed by atoms with Crippen molar-refractivity contribution in [2.45, 2.75) is 32.7 Å². The van der Waals surface area contributed by atoms with E-state index in [1.54, 1.807) is 0 Å². The summed E-state index contributed by atoms with van der Waals surface area (Å²) in [6.07, 6.45) is 1.63. The van der Waals surface area contributed by atoms with E-state index in [1.807, 2.05) is 6.92 Å². The van der Waals surface area contributed by atoms with Crippen LogP contribution in [0.15, 0.2) is 0 Å². The third-order valence-electron chi connectivity index (χ3n) is 3.90. The molecule has 0 aromatic carbocycles. The van der Waals surface area contributed by atoms with Crippen LogP contribution in [0.5, 0.6) is 0 Å². The van der Waals surface area contributed by atoms with Gasteiger partial charge in [-0.2, -0.15) is 10.5 Å². The third kappa shape index (κ3) is 3.07. The largest absolute Gasteiger partial charge is 0.356 e. The highest BCUT2D eigenvalue weighted by atomic mass is 32.1. The molecule has 110 valence electrons. The monoisotopic (exact) mass is 301 g/mol. The summed E-state index contributed by atoms with van der Waals surface area (Å²) in [6.45, 7) is 6.66. The molecule has 0 saturated carbocycles. The second-order valence-electron chi connectivity index (χ2n) is 5.24. The maximum atomic E-state index is 9.54. The van der Waals surface area contributed by atoms with Crippen LogP contribution in [-0.4, -0.2) is 30.7 Å². The normalized spacial score (nSPS) is 18.7. The smallest absolute Gasteiger partial charge is 0.125 e. The Morgan fingerprint density at radius 2 is 2.00 bits per heavy atom. The number of nitriles is 2. The van der Waals surface area contributed by atoms with Crippen LogP contribution in [-0.2, 0) is 6.42 Å². The van der Waals surface area contributed by atoms with Gasteiger partial charge in [0, 0.05) is 25.7 Å². The van der Waals surface area contributed by atoms with Gasteiger partial charge in [0.2, 0.25) is 0 Å². The van der Waals surface area contributed by atoms with Crippen LogP contribution < -0.4 is 10.2 Å². The van der Waals surface area contributed by atoms with Gasteiger partial charge in [-0.15, -0.1) is 0 Å². The zero-order valence-corrected chi connectivity index (χ0v) is 13.2. The third-order valence-corrected chi connectivity index (χ3v) is 4.21. The minimum Gasteiger partial charge on any atom is -0.356 e. The summed E-state index contributed by atoms with van der Waals surface area (Å²) >= 11 is 5.30. The van der Waals surface area contributed by atoms with Crippen molar-refractivity contribution >= 4 is 18.0 Å². The van der Waals surface area contributed by atoms with Gasteiger partial charge in [0.05, 0.1) is 11.1 Å². The standard InChI is InChI=1S/C15H19N5S/c1-3-11-12(8-16)14(19-15(21)13(11)9-17)20-6-4-10(2)18-5-7-20/h10,18H,3-7H2,1-2H3,(H,19,21). The molecule has 1 fully saturated rings. The van der Waals surface area contributed by atoms with Crippen molar-refractivity contribution in [1.29, 1.82) is 10.5 Å². The first-order valence-corrected chi connectivity index (χ1v) is 7.60. The van der Waals surface area contributed by atoms with Crippen molar-refractivity contribution in [3.8, 4) is 12.1 Å². The predicted octanol–water partition coefficient (Wildman–Crippen LogP) is 2.24. The van der Waals surface area contributed by atoms with Gasteiger partial charge in [-0.1, -0.05) is 19.1 Å². The van der Waals surface area contributed by atoms with Gasteiger partial charge in [-0.25, -0.2) is 0 Å². The molecule has 1 aromatic rings. The van der Waals surface area contributed by atoms with E-state index >= 15 is 0 Å². The van der Waals surface area contributed by atoms with Crippen LogP contribution in [0.2, 0.25) is 0 Å². The lowest BCUT2D eigenvalue weighted by Gasteiger charge is -2.24.